The minimum absolute atomic E-state index is 0.0637. The van der Waals surface area contributed by atoms with E-state index in [-0.39, 0.29) is 31.2 Å². The van der Waals surface area contributed by atoms with Crippen LogP contribution in [0.1, 0.15) is 49.8 Å². The van der Waals surface area contributed by atoms with E-state index in [2.05, 4.69) is 15.6 Å². The van der Waals surface area contributed by atoms with Crippen molar-refractivity contribution in [1.82, 2.24) is 10.3 Å². The highest BCUT2D eigenvalue weighted by atomic mass is 16.6. The molecule has 38 heavy (non-hydrogen) atoms. The van der Waals surface area contributed by atoms with E-state index in [9.17, 15) is 19.5 Å². The molecule has 0 spiro atoms. The van der Waals surface area contributed by atoms with Crippen LogP contribution in [0.2, 0.25) is 0 Å². The number of aromatic nitrogens is 1. The van der Waals surface area contributed by atoms with Crippen LogP contribution in [0, 0.1) is 0 Å². The molecule has 0 aliphatic heterocycles. The number of aryl methyl sites for hydroxylation is 1. The quantitative estimate of drug-likeness (QED) is 0.367. The van der Waals surface area contributed by atoms with E-state index in [1.165, 1.54) is 6.20 Å². The summed E-state index contributed by atoms with van der Waals surface area (Å²) in [6.45, 7) is 5.33. The topological polar surface area (TPSA) is 127 Å². The second kappa shape index (κ2) is 11.3. The monoisotopic (exact) mass is 517 g/mol. The number of amides is 2. The van der Waals surface area contributed by atoms with Crippen molar-refractivity contribution < 1.29 is 29.0 Å². The smallest absolute Gasteiger partial charge is 0.413 e. The SMILES string of the molecule is CC(C)(C)OC(=O)Nc1ncccc1CCC(NC(=O)OCC1c2ccccc2-c2ccccc21)C(=O)O. The lowest BCUT2D eigenvalue weighted by atomic mass is 9.98. The van der Waals surface area contributed by atoms with Gasteiger partial charge in [-0.25, -0.2) is 19.4 Å². The van der Waals surface area contributed by atoms with Gasteiger partial charge in [0, 0.05) is 12.1 Å². The van der Waals surface area contributed by atoms with Crippen LogP contribution in [-0.2, 0) is 20.7 Å². The number of hydrogen-bond donors (Lipinski definition) is 3. The number of carbonyl (C=O) groups is 3. The molecule has 3 aromatic rings. The number of ether oxygens (including phenoxy) is 2. The first kappa shape index (κ1) is 26.7. The van der Waals surface area contributed by atoms with E-state index in [1.54, 1.807) is 32.9 Å². The Labute approximate surface area is 221 Å². The summed E-state index contributed by atoms with van der Waals surface area (Å²) in [4.78, 5) is 40.8. The summed E-state index contributed by atoms with van der Waals surface area (Å²) < 4.78 is 10.8. The van der Waals surface area contributed by atoms with Gasteiger partial charge in [-0.15, -0.1) is 0 Å². The first-order valence-electron chi connectivity index (χ1n) is 12.4. The summed E-state index contributed by atoms with van der Waals surface area (Å²) in [7, 11) is 0. The zero-order valence-corrected chi connectivity index (χ0v) is 21.6. The molecule has 1 aromatic heterocycles. The molecule has 9 nitrogen and oxygen atoms in total. The van der Waals surface area contributed by atoms with Gasteiger partial charge >= 0.3 is 18.2 Å². The Bertz CT molecular complexity index is 1290. The first-order valence-corrected chi connectivity index (χ1v) is 12.4. The zero-order valence-electron chi connectivity index (χ0n) is 21.6. The van der Waals surface area contributed by atoms with Crippen LogP contribution in [-0.4, -0.2) is 46.5 Å². The predicted octanol–water partition coefficient (Wildman–Crippen LogP) is 5.35. The number of benzene rings is 2. The molecule has 1 aliphatic rings. The van der Waals surface area contributed by atoms with Crippen molar-refractivity contribution in [1.29, 1.82) is 0 Å². The average molecular weight is 518 g/mol. The Kier molecular flexibility index (Phi) is 7.95. The Morgan fingerprint density at radius 1 is 0.947 bits per heavy atom. The number of aliphatic carboxylic acids is 1. The van der Waals surface area contributed by atoms with Crippen molar-refractivity contribution in [3.63, 3.8) is 0 Å². The molecule has 3 N–H and O–H groups in total. The summed E-state index contributed by atoms with van der Waals surface area (Å²) >= 11 is 0. The van der Waals surface area contributed by atoms with E-state index in [4.69, 9.17) is 9.47 Å². The fourth-order valence-corrected chi connectivity index (χ4v) is 4.49. The van der Waals surface area contributed by atoms with Gasteiger partial charge in [-0.05, 0) is 67.5 Å². The molecule has 1 unspecified atom stereocenters. The number of pyridine rings is 1. The summed E-state index contributed by atoms with van der Waals surface area (Å²) in [6, 6.07) is 18.2. The van der Waals surface area contributed by atoms with Crippen LogP contribution in [0.15, 0.2) is 66.9 Å². The van der Waals surface area contributed by atoms with Crippen LogP contribution in [0.5, 0.6) is 0 Å². The standard InChI is InChI=1S/C29H31N3O6/c1-29(2,3)38-28(36)32-25-18(9-8-16-30-25)14-15-24(26(33)34)31-27(35)37-17-23-21-12-6-4-10-19(21)20-11-5-7-13-22(20)23/h4-13,16,23-24H,14-15,17H2,1-3H3,(H,31,35)(H,33,34)(H,30,32,36). The molecule has 1 aliphatic carbocycles. The predicted molar refractivity (Wildman–Crippen MR) is 142 cm³/mol. The first-order chi connectivity index (χ1) is 18.1. The van der Waals surface area contributed by atoms with Gasteiger partial charge in [0.1, 0.15) is 24.1 Å². The Morgan fingerprint density at radius 2 is 1.58 bits per heavy atom. The number of carboxylic acid groups (broad SMARTS) is 1. The van der Waals surface area contributed by atoms with Gasteiger partial charge in [0.05, 0.1) is 0 Å². The second-order valence-electron chi connectivity index (χ2n) is 10.0. The fourth-order valence-electron chi connectivity index (χ4n) is 4.49. The number of fused-ring (bicyclic) bond motifs is 3. The molecule has 1 atom stereocenters. The van der Waals surface area contributed by atoms with Crippen molar-refractivity contribution in [2.24, 2.45) is 0 Å². The molecule has 2 amide bonds. The Morgan fingerprint density at radius 3 is 2.18 bits per heavy atom. The van der Waals surface area contributed by atoms with Gasteiger partial charge in [0.25, 0.3) is 0 Å². The number of nitrogens with zero attached hydrogens (tertiary/aromatic N) is 1. The minimum atomic E-state index is -1.19. The molecule has 0 radical (unpaired) electrons. The fraction of sp³-hybridized carbons (Fsp3) is 0.310. The van der Waals surface area contributed by atoms with Crippen molar-refractivity contribution in [2.75, 3.05) is 11.9 Å². The third kappa shape index (κ3) is 6.47. The largest absolute Gasteiger partial charge is 0.480 e. The average Bonchev–Trinajstić information content (AvgIpc) is 3.18. The maximum absolute atomic E-state index is 12.6. The number of alkyl carbamates (subject to hydrolysis) is 1. The molecular weight excluding hydrogens is 486 g/mol. The van der Waals surface area contributed by atoms with Gasteiger partial charge < -0.3 is 19.9 Å². The zero-order chi connectivity index (χ0) is 27.3. The van der Waals surface area contributed by atoms with Crippen LogP contribution < -0.4 is 10.6 Å². The van der Waals surface area contributed by atoms with E-state index < -0.39 is 29.8 Å². The van der Waals surface area contributed by atoms with Gasteiger partial charge in [0.2, 0.25) is 0 Å². The van der Waals surface area contributed by atoms with Gasteiger partial charge in [-0.2, -0.15) is 0 Å². The van der Waals surface area contributed by atoms with Crippen LogP contribution in [0.25, 0.3) is 11.1 Å². The number of carbonyl (C=O) groups excluding carboxylic acids is 2. The molecule has 9 heteroatoms. The maximum atomic E-state index is 12.6. The molecule has 0 saturated carbocycles. The molecule has 0 saturated heterocycles. The summed E-state index contributed by atoms with van der Waals surface area (Å²) in [5.41, 5.74) is 4.27. The highest BCUT2D eigenvalue weighted by Crippen LogP contribution is 2.44. The minimum Gasteiger partial charge on any atom is -0.480 e. The highest BCUT2D eigenvalue weighted by Gasteiger charge is 2.30. The van der Waals surface area contributed by atoms with Crippen LogP contribution >= 0.6 is 0 Å². The van der Waals surface area contributed by atoms with Crippen molar-refractivity contribution in [3.8, 4) is 11.1 Å². The summed E-state index contributed by atoms with van der Waals surface area (Å²) in [5.74, 6) is -1.05. The van der Waals surface area contributed by atoms with E-state index in [0.29, 0.717) is 5.56 Å². The number of anilines is 1. The Balaban J connectivity index is 1.36. The summed E-state index contributed by atoms with van der Waals surface area (Å²) in [5, 5.41) is 14.8. The highest BCUT2D eigenvalue weighted by molar-refractivity contribution is 5.85. The maximum Gasteiger partial charge on any atom is 0.413 e. The number of carboxylic acids is 1. The molecular formula is C29H31N3O6. The second-order valence-corrected chi connectivity index (χ2v) is 10.0. The van der Waals surface area contributed by atoms with E-state index in [1.807, 2.05) is 48.5 Å². The molecule has 1 heterocycles. The number of nitrogens with one attached hydrogen (secondary N) is 2. The number of rotatable bonds is 8. The molecule has 2 aromatic carbocycles. The van der Waals surface area contributed by atoms with E-state index in [0.717, 1.165) is 22.3 Å². The lowest BCUT2D eigenvalue weighted by Gasteiger charge is -2.20. The Hall–Kier alpha value is -4.40. The van der Waals surface area contributed by atoms with Gasteiger partial charge in [-0.3, -0.25) is 5.32 Å². The molecule has 198 valence electrons. The van der Waals surface area contributed by atoms with E-state index >= 15 is 0 Å². The van der Waals surface area contributed by atoms with Crippen LogP contribution in [0.4, 0.5) is 15.4 Å². The third-order valence-corrected chi connectivity index (χ3v) is 6.15. The van der Waals surface area contributed by atoms with Crippen molar-refractivity contribution >= 4 is 24.0 Å². The normalized spacial score (nSPS) is 13.1. The van der Waals surface area contributed by atoms with Gasteiger partial charge in [-0.1, -0.05) is 54.6 Å². The van der Waals surface area contributed by atoms with Crippen molar-refractivity contribution in [2.45, 2.75) is 51.2 Å². The molecule has 0 bridgehead atoms. The van der Waals surface area contributed by atoms with Crippen LogP contribution in [0.3, 0.4) is 0 Å². The third-order valence-electron chi connectivity index (χ3n) is 6.15. The lowest BCUT2D eigenvalue weighted by Crippen LogP contribution is -2.41. The van der Waals surface area contributed by atoms with Crippen molar-refractivity contribution in [3.05, 3.63) is 83.6 Å². The van der Waals surface area contributed by atoms with Gasteiger partial charge in [0.15, 0.2) is 0 Å². The summed E-state index contributed by atoms with van der Waals surface area (Å²) in [6.07, 6.45) is 0.342. The number of hydrogen-bond acceptors (Lipinski definition) is 6. The lowest BCUT2D eigenvalue weighted by molar-refractivity contribution is -0.139. The molecule has 0 fully saturated rings. The molecule has 4 rings (SSSR count).